The second-order valence-electron chi connectivity index (χ2n) is 5.39. The van der Waals surface area contributed by atoms with Gasteiger partial charge in [-0.3, -0.25) is 14.2 Å². The first kappa shape index (κ1) is 16.5. The average Bonchev–Trinajstić information content (AvgIpc) is 3.09. The molecule has 24 heavy (non-hydrogen) atoms. The highest BCUT2D eigenvalue weighted by Gasteiger charge is 2.40. The van der Waals surface area contributed by atoms with E-state index in [0.29, 0.717) is 22.2 Å². The maximum Gasteiger partial charge on any atom is 0.303 e. The number of esters is 2. The Morgan fingerprint density at radius 1 is 1.42 bits per heavy atom. The molecule has 3 heterocycles. The van der Waals surface area contributed by atoms with Crippen LogP contribution in [0.4, 0.5) is 0 Å². The van der Waals surface area contributed by atoms with Gasteiger partial charge in [-0.25, -0.2) is 9.97 Å². The molecule has 2 aromatic rings. The number of aromatic amines is 1. The average molecular weight is 352 g/mol. The Morgan fingerprint density at radius 2 is 2.21 bits per heavy atom. The quantitative estimate of drug-likeness (QED) is 0.647. The van der Waals surface area contributed by atoms with Gasteiger partial charge in [-0.1, -0.05) is 12.2 Å². The molecule has 0 spiro atoms. The predicted octanol–water partition coefficient (Wildman–Crippen LogP) is 1.27. The summed E-state index contributed by atoms with van der Waals surface area (Å²) in [6.07, 6.45) is 1.90. The molecule has 1 fully saturated rings. The Kier molecular flexibility index (Phi) is 4.58. The van der Waals surface area contributed by atoms with Crippen molar-refractivity contribution < 1.29 is 23.8 Å². The van der Waals surface area contributed by atoms with Crippen LogP contribution >= 0.6 is 12.2 Å². The molecule has 10 heteroatoms. The standard InChI is InChI=1S/C14H16N4O5S/c1-7(19)21-4-9-3-10(22-8(2)20)14(23-9)18-6-17-11-12(18)15-5-16-13(11)24/h5-6,9-10,14H,3-4H2,1-2H3,(H,15,16,24)/t9-,10?,14+/m0/s1. The van der Waals surface area contributed by atoms with E-state index in [4.69, 9.17) is 26.4 Å². The van der Waals surface area contributed by atoms with E-state index < -0.39 is 24.3 Å². The van der Waals surface area contributed by atoms with E-state index in [0.717, 1.165) is 0 Å². The maximum absolute atomic E-state index is 11.4. The number of hydrogen-bond donors (Lipinski definition) is 1. The molecule has 0 aliphatic carbocycles. The number of carbonyl (C=O) groups excluding carboxylic acids is 2. The number of nitrogens with one attached hydrogen (secondary N) is 1. The summed E-state index contributed by atoms with van der Waals surface area (Å²) in [5.74, 6) is -0.810. The van der Waals surface area contributed by atoms with Gasteiger partial charge >= 0.3 is 11.9 Å². The van der Waals surface area contributed by atoms with Crippen molar-refractivity contribution in [3.05, 3.63) is 17.3 Å². The van der Waals surface area contributed by atoms with Crippen molar-refractivity contribution in [3.63, 3.8) is 0 Å². The van der Waals surface area contributed by atoms with Crippen LogP contribution < -0.4 is 0 Å². The molecule has 0 radical (unpaired) electrons. The van der Waals surface area contributed by atoms with Gasteiger partial charge in [0.1, 0.15) is 23.9 Å². The minimum atomic E-state index is -0.604. The number of fused-ring (bicyclic) bond motifs is 1. The van der Waals surface area contributed by atoms with Crippen LogP contribution in [0, 0.1) is 4.64 Å². The number of H-pyrrole nitrogens is 1. The Bertz CT molecular complexity index is 832. The molecule has 3 atom stereocenters. The maximum atomic E-state index is 11.4. The second-order valence-corrected chi connectivity index (χ2v) is 5.78. The van der Waals surface area contributed by atoms with E-state index in [9.17, 15) is 9.59 Å². The molecule has 1 aliphatic rings. The summed E-state index contributed by atoms with van der Waals surface area (Å²) in [6, 6.07) is 0. The van der Waals surface area contributed by atoms with Gasteiger partial charge in [-0.2, -0.15) is 0 Å². The summed E-state index contributed by atoms with van der Waals surface area (Å²) < 4.78 is 18.3. The smallest absolute Gasteiger partial charge is 0.303 e. The number of hydrogen-bond acceptors (Lipinski definition) is 8. The zero-order chi connectivity index (χ0) is 17.3. The summed E-state index contributed by atoms with van der Waals surface area (Å²) in [7, 11) is 0. The molecule has 1 unspecified atom stereocenters. The summed E-state index contributed by atoms with van der Waals surface area (Å²) in [5.41, 5.74) is 1.14. The number of carbonyl (C=O) groups is 2. The van der Waals surface area contributed by atoms with E-state index in [2.05, 4.69) is 15.0 Å². The first-order chi connectivity index (χ1) is 11.5. The second kappa shape index (κ2) is 6.65. The predicted molar refractivity (Wildman–Crippen MR) is 83.4 cm³/mol. The highest BCUT2D eigenvalue weighted by atomic mass is 32.1. The third kappa shape index (κ3) is 3.29. The van der Waals surface area contributed by atoms with Crippen LogP contribution in [0.2, 0.25) is 0 Å². The lowest BCUT2D eigenvalue weighted by atomic mass is 10.2. The molecule has 1 saturated heterocycles. The molecule has 1 N–H and O–H groups in total. The van der Waals surface area contributed by atoms with Crippen molar-refractivity contribution in [1.82, 2.24) is 19.5 Å². The van der Waals surface area contributed by atoms with Gasteiger partial charge in [0.2, 0.25) is 0 Å². The fraction of sp³-hybridized carbons (Fsp3) is 0.500. The lowest BCUT2D eigenvalue weighted by Gasteiger charge is -2.20. The Balaban J connectivity index is 1.90. The number of imidazole rings is 1. The third-order valence-electron chi connectivity index (χ3n) is 3.59. The Hall–Kier alpha value is -2.33. The molecule has 0 saturated carbocycles. The van der Waals surface area contributed by atoms with Gasteiger partial charge in [0.05, 0.1) is 18.8 Å². The molecule has 0 amide bonds. The summed E-state index contributed by atoms with van der Waals surface area (Å²) in [6.45, 7) is 2.75. The van der Waals surface area contributed by atoms with Crippen molar-refractivity contribution in [2.75, 3.05) is 6.61 Å². The van der Waals surface area contributed by atoms with Crippen molar-refractivity contribution in [2.24, 2.45) is 0 Å². The van der Waals surface area contributed by atoms with E-state index >= 15 is 0 Å². The highest BCUT2D eigenvalue weighted by molar-refractivity contribution is 7.71. The molecule has 0 bridgehead atoms. The van der Waals surface area contributed by atoms with Gasteiger partial charge in [-0.15, -0.1) is 0 Å². The summed E-state index contributed by atoms with van der Waals surface area (Å²) in [4.78, 5) is 33.5. The SMILES string of the molecule is CC(=O)OC[C@@H]1CC(OC(C)=O)[C@H](n2cnc3c(=S)nc[nH]c32)O1. The normalized spacial score (nSPS) is 23.3. The zero-order valence-electron chi connectivity index (χ0n) is 13.1. The van der Waals surface area contributed by atoms with Crippen LogP contribution in [0.1, 0.15) is 26.5 Å². The van der Waals surface area contributed by atoms with E-state index in [-0.39, 0.29) is 12.7 Å². The fourth-order valence-electron chi connectivity index (χ4n) is 2.66. The molecule has 0 aromatic carbocycles. The van der Waals surface area contributed by atoms with E-state index in [1.165, 1.54) is 20.2 Å². The van der Waals surface area contributed by atoms with Crippen LogP contribution in [0.25, 0.3) is 11.2 Å². The molecule has 9 nitrogen and oxygen atoms in total. The van der Waals surface area contributed by atoms with Crippen molar-refractivity contribution in [2.45, 2.75) is 38.7 Å². The fourth-order valence-corrected chi connectivity index (χ4v) is 2.87. The van der Waals surface area contributed by atoms with Crippen LogP contribution in [0.15, 0.2) is 12.7 Å². The topological polar surface area (TPSA) is 108 Å². The minimum absolute atomic E-state index is 0.0911. The van der Waals surface area contributed by atoms with Gasteiger partial charge < -0.3 is 19.2 Å². The number of rotatable bonds is 4. The van der Waals surface area contributed by atoms with Crippen LogP contribution in [-0.4, -0.2) is 50.3 Å². The molecule has 128 valence electrons. The van der Waals surface area contributed by atoms with Crippen LogP contribution in [0.5, 0.6) is 0 Å². The van der Waals surface area contributed by atoms with Gasteiger partial charge in [0.15, 0.2) is 10.9 Å². The molecule has 1 aliphatic heterocycles. The van der Waals surface area contributed by atoms with E-state index in [1.807, 2.05) is 0 Å². The lowest BCUT2D eigenvalue weighted by molar-refractivity contribution is -0.152. The van der Waals surface area contributed by atoms with Crippen molar-refractivity contribution in [1.29, 1.82) is 0 Å². The molecular formula is C14H16N4O5S. The van der Waals surface area contributed by atoms with Crippen LogP contribution in [0.3, 0.4) is 0 Å². The number of aromatic nitrogens is 4. The van der Waals surface area contributed by atoms with Gasteiger partial charge in [0.25, 0.3) is 0 Å². The van der Waals surface area contributed by atoms with E-state index in [1.54, 1.807) is 10.9 Å². The molecule has 2 aromatic heterocycles. The Morgan fingerprint density at radius 3 is 2.92 bits per heavy atom. The lowest BCUT2D eigenvalue weighted by Crippen LogP contribution is -2.24. The minimum Gasteiger partial charge on any atom is -0.463 e. The van der Waals surface area contributed by atoms with Crippen LogP contribution in [-0.2, 0) is 23.8 Å². The zero-order valence-corrected chi connectivity index (χ0v) is 13.9. The van der Waals surface area contributed by atoms with Gasteiger partial charge in [-0.05, 0) is 0 Å². The highest BCUT2D eigenvalue weighted by Crippen LogP contribution is 2.33. The largest absolute Gasteiger partial charge is 0.463 e. The third-order valence-corrected chi connectivity index (χ3v) is 3.89. The monoisotopic (exact) mass is 352 g/mol. The first-order valence-electron chi connectivity index (χ1n) is 7.32. The molecule has 3 rings (SSSR count). The number of nitrogens with zero attached hydrogens (tertiary/aromatic N) is 3. The molecular weight excluding hydrogens is 336 g/mol. The van der Waals surface area contributed by atoms with Crippen molar-refractivity contribution in [3.8, 4) is 0 Å². The summed E-state index contributed by atoms with van der Waals surface area (Å²) in [5, 5.41) is 0. The van der Waals surface area contributed by atoms with Crippen molar-refractivity contribution >= 4 is 35.3 Å². The number of ether oxygens (including phenoxy) is 3. The first-order valence-corrected chi connectivity index (χ1v) is 7.73. The van der Waals surface area contributed by atoms with Gasteiger partial charge in [0, 0.05) is 20.3 Å². The Labute approximate surface area is 141 Å². The summed E-state index contributed by atoms with van der Waals surface area (Å²) >= 11 is 5.14.